The topological polar surface area (TPSA) is 114 Å². The van der Waals surface area contributed by atoms with Gasteiger partial charge in [-0.25, -0.2) is 19.6 Å². The first-order chi connectivity index (χ1) is 17.2. The molecule has 1 unspecified atom stereocenters. The molecule has 6 rings (SSSR count). The predicted molar refractivity (Wildman–Crippen MR) is 135 cm³/mol. The van der Waals surface area contributed by atoms with Crippen molar-refractivity contribution in [3.05, 3.63) is 53.9 Å². The van der Waals surface area contributed by atoms with E-state index in [0.29, 0.717) is 30.7 Å². The average molecular weight is 491 g/mol. The number of likely N-dealkylation sites (N-methyl/N-ethyl adjacent to an activating group) is 1. The number of aromatic nitrogens is 6. The van der Waals surface area contributed by atoms with E-state index in [0.717, 1.165) is 45.9 Å². The van der Waals surface area contributed by atoms with Gasteiger partial charge in [0.1, 0.15) is 24.3 Å². The highest BCUT2D eigenvalue weighted by molar-refractivity contribution is 7.15. The minimum absolute atomic E-state index is 0.202. The van der Waals surface area contributed by atoms with Crippen molar-refractivity contribution in [1.29, 1.82) is 0 Å². The number of fused-ring (bicyclic) bond motifs is 2. The number of nitrogens with one attached hydrogen (secondary N) is 2. The van der Waals surface area contributed by atoms with Crippen LogP contribution in [0.5, 0.6) is 5.75 Å². The number of hydrogen-bond donors (Lipinski definition) is 3. The quantitative estimate of drug-likeness (QED) is 0.274. The lowest BCUT2D eigenvalue weighted by Crippen LogP contribution is -2.29. The lowest BCUT2D eigenvalue weighted by atomic mass is 10.2. The number of benzene rings is 1. The maximum Gasteiger partial charge on any atom is 0.193 e. The van der Waals surface area contributed by atoms with E-state index in [-0.39, 0.29) is 6.61 Å². The van der Waals surface area contributed by atoms with Crippen LogP contribution in [0.25, 0.3) is 27.4 Å². The van der Waals surface area contributed by atoms with Crippen molar-refractivity contribution >= 4 is 33.1 Å². The van der Waals surface area contributed by atoms with Crippen molar-refractivity contribution in [2.45, 2.75) is 31.5 Å². The Morgan fingerprint density at radius 3 is 3.00 bits per heavy atom. The molecule has 0 spiro atoms. The summed E-state index contributed by atoms with van der Waals surface area (Å²) in [6.45, 7) is 1.21. The molecule has 10 nitrogen and oxygen atoms in total. The van der Waals surface area contributed by atoms with Gasteiger partial charge in [-0.2, -0.15) is 5.10 Å². The van der Waals surface area contributed by atoms with Gasteiger partial charge in [-0.3, -0.25) is 4.40 Å². The van der Waals surface area contributed by atoms with E-state index in [1.807, 2.05) is 57.3 Å². The minimum Gasteiger partial charge on any atom is -0.491 e. The number of nitrogens with zero attached hydrogens (tertiary/aromatic N) is 6. The third-order valence-corrected chi connectivity index (χ3v) is 6.67. The molecule has 0 saturated heterocycles. The van der Waals surface area contributed by atoms with Crippen LogP contribution in [0, 0.1) is 0 Å². The summed E-state index contributed by atoms with van der Waals surface area (Å²) in [5.41, 5.74) is 2.60. The molecule has 35 heavy (non-hydrogen) atoms. The molecule has 0 radical (unpaired) electrons. The fourth-order valence-corrected chi connectivity index (χ4v) is 4.74. The van der Waals surface area contributed by atoms with Crippen LogP contribution < -0.4 is 15.4 Å². The maximum atomic E-state index is 9.97. The Morgan fingerprint density at radius 2 is 2.17 bits per heavy atom. The van der Waals surface area contributed by atoms with Gasteiger partial charge in [0.15, 0.2) is 16.4 Å². The summed E-state index contributed by atoms with van der Waals surface area (Å²) in [6, 6.07) is 8.03. The number of aliphatic hydroxyl groups is 1. The Bertz CT molecular complexity index is 1440. The maximum absolute atomic E-state index is 9.97. The summed E-state index contributed by atoms with van der Waals surface area (Å²) < 4.78 is 9.82. The van der Waals surface area contributed by atoms with Crippen molar-refractivity contribution < 1.29 is 9.84 Å². The zero-order valence-electron chi connectivity index (χ0n) is 19.3. The van der Waals surface area contributed by atoms with Crippen LogP contribution in [0.2, 0.25) is 0 Å². The van der Waals surface area contributed by atoms with E-state index in [1.165, 1.54) is 0 Å². The summed E-state index contributed by atoms with van der Waals surface area (Å²) >= 11 is 1.61. The molecule has 0 amide bonds. The van der Waals surface area contributed by atoms with Gasteiger partial charge in [-0.1, -0.05) is 12.1 Å². The molecule has 4 heterocycles. The standard InChI is InChI=1S/C24H26N8O2S/c1-25-11-18(33)14-34-19-4-2-3-15(9-19)21-29-22(20-12-27-32(17-5-6-17)23(20)30-21)26-10-16-13-31-7-8-35-24(31)28-16/h2-4,7-9,12-13,17-18,25,33H,5-6,10-11,14H2,1H3,(H,26,29,30). The fourth-order valence-electron chi connectivity index (χ4n) is 4.02. The Labute approximate surface area is 205 Å². The van der Waals surface area contributed by atoms with E-state index < -0.39 is 6.10 Å². The molecule has 1 aromatic carbocycles. The number of hydrogen-bond acceptors (Lipinski definition) is 9. The van der Waals surface area contributed by atoms with Gasteiger partial charge in [0.2, 0.25) is 0 Å². The van der Waals surface area contributed by atoms with E-state index in [1.54, 1.807) is 18.4 Å². The smallest absolute Gasteiger partial charge is 0.193 e. The second-order valence-electron chi connectivity index (χ2n) is 8.68. The molecule has 3 N–H and O–H groups in total. The molecule has 180 valence electrons. The third-order valence-electron chi connectivity index (χ3n) is 5.90. The minimum atomic E-state index is -0.585. The average Bonchev–Trinajstić information content (AvgIpc) is 3.27. The SMILES string of the molecule is CNCC(O)COc1cccc(-c2nc(NCc3cn4ccsc4n3)c3cnn(C4CC4)c3n2)c1. The first kappa shape index (κ1) is 22.0. The molecule has 0 bridgehead atoms. The van der Waals surface area contributed by atoms with Crippen LogP contribution >= 0.6 is 11.3 Å². The monoisotopic (exact) mass is 490 g/mol. The number of aliphatic hydroxyl groups excluding tert-OH is 1. The highest BCUT2D eigenvalue weighted by atomic mass is 32.1. The van der Waals surface area contributed by atoms with Crippen LogP contribution in [-0.4, -0.2) is 60.5 Å². The number of imidazole rings is 1. The number of thiazole rings is 1. The second-order valence-corrected chi connectivity index (χ2v) is 9.56. The summed E-state index contributed by atoms with van der Waals surface area (Å²) in [6.07, 6.45) is 7.51. The largest absolute Gasteiger partial charge is 0.491 e. The molecule has 1 aliphatic carbocycles. The Kier molecular flexibility index (Phi) is 5.80. The Morgan fingerprint density at radius 1 is 1.26 bits per heavy atom. The third kappa shape index (κ3) is 4.57. The summed E-state index contributed by atoms with van der Waals surface area (Å²) in [5.74, 6) is 1.98. The van der Waals surface area contributed by atoms with Crippen LogP contribution in [0.15, 0.2) is 48.2 Å². The molecule has 1 atom stereocenters. The Balaban J connectivity index is 1.31. The van der Waals surface area contributed by atoms with Gasteiger partial charge >= 0.3 is 0 Å². The molecule has 1 aliphatic rings. The van der Waals surface area contributed by atoms with E-state index in [9.17, 15) is 5.11 Å². The first-order valence-corrected chi connectivity index (χ1v) is 12.5. The molecule has 11 heteroatoms. The zero-order chi connectivity index (χ0) is 23.8. The van der Waals surface area contributed by atoms with Crippen molar-refractivity contribution in [3.63, 3.8) is 0 Å². The molecule has 4 aromatic heterocycles. The first-order valence-electron chi connectivity index (χ1n) is 11.6. The van der Waals surface area contributed by atoms with Crippen LogP contribution in [0.1, 0.15) is 24.6 Å². The predicted octanol–water partition coefficient (Wildman–Crippen LogP) is 3.11. The van der Waals surface area contributed by atoms with Gasteiger partial charge in [0.05, 0.1) is 29.9 Å². The van der Waals surface area contributed by atoms with Crippen molar-refractivity contribution in [2.75, 3.05) is 25.5 Å². The summed E-state index contributed by atoms with van der Waals surface area (Å²) in [4.78, 5) is 15.4. The number of rotatable bonds is 10. The van der Waals surface area contributed by atoms with Crippen molar-refractivity contribution in [1.82, 2.24) is 34.4 Å². The van der Waals surface area contributed by atoms with Gasteiger partial charge in [-0.15, -0.1) is 11.3 Å². The van der Waals surface area contributed by atoms with E-state index in [4.69, 9.17) is 14.7 Å². The highest BCUT2D eigenvalue weighted by Crippen LogP contribution is 2.37. The van der Waals surface area contributed by atoms with Crippen LogP contribution in [0.3, 0.4) is 0 Å². The van der Waals surface area contributed by atoms with Crippen molar-refractivity contribution in [2.24, 2.45) is 0 Å². The van der Waals surface area contributed by atoms with Crippen molar-refractivity contribution in [3.8, 4) is 17.1 Å². The lowest BCUT2D eigenvalue weighted by Gasteiger charge is -2.13. The summed E-state index contributed by atoms with van der Waals surface area (Å²) in [5, 5.41) is 23.9. The zero-order valence-corrected chi connectivity index (χ0v) is 20.1. The molecule has 1 saturated carbocycles. The van der Waals surface area contributed by atoms with Crippen LogP contribution in [0.4, 0.5) is 5.82 Å². The lowest BCUT2D eigenvalue weighted by molar-refractivity contribution is 0.108. The van der Waals surface area contributed by atoms with Gasteiger partial charge in [0, 0.05) is 29.9 Å². The second kappa shape index (κ2) is 9.25. The molecule has 5 aromatic rings. The Hall–Kier alpha value is -3.54. The van der Waals surface area contributed by atoms with Gasteiger partial charge < -0.3 is 20.5 Å². The van der Waals surface area contributed by atoms with E-state index in [2.05, 4.69) is 20.7 Å². The fraction of sp³-hybridized carbons (Fsp3) is 0.333. The van der Waals surface area contributed by atoms with E-state index >= 15 is 0 Å². The number of anilines is 1. The van der Waals surface area contributed by atoms with Gasteiger partial charge in [0.25, 0.3) is 0 Å². The van der Waals surface area contributed by atoms with Gasteiger partial charge in [-0.05, 0) is 32.0 Å². The molecular formula is C24H26N8O2S. The molecule has 1 fully saturated rings. The summed E-state index contributed by atoms with van der Waals surface area (Å²) in [7, 11) is 1.80. The normalized spacial score (nSPS) is 14.6. The number of ether oxygens (including phenoxy) is 1. The van der Waals surface area contributed by atoms with Crippen LogP contribution in [-0.2, 0) is 6.54 Å². The highest BCUT2D eigenvalue weighted by Gasteiger charge is 2.28. The molecular weight excluding hydrogens is 464 g/mol. The molecule has 0 aliphatic heterocycles.